The van der Waals surface area contributed by atoms with Crippen LogP contribution in [0.1, 0.15) is 19.3 Å². The second-order valence-electron chi connectivity index (χ2n) is 4.76. The molecule has 0 aromatic carbocycles. The van der Waals surface area contributed by atoms with Crippen LogP contribution in [0.2, 0.25) is 0 Å². The molecule has 2 heterocycles. The van der Waals surface area contributed by atoms with Gasteiger partial charge in [0.15, 0.2) is 5.78 Å². The van der Waals surface area contributed by atoms with Crippen molar-refractivity contribution in [2.75, 3.05) is 40.0 Å². The molecule has 0 bridgehead atoms. The Kier molecular flexibility index (Phi) is 4.32. The highest BCUT2D eigenvalue weighted by Gasteiger charge is 2.27. The first-order valence-corrected chi connectivity index (χ1v) is 6.15. The molecule has 0 aromatic heterocycles. The summed E-state index contributed by atoms with van der Waals surface area (Å²) in [5.41, 5.74) is 0. The number of rotatable bonds is 4. The summed E-state index contributed by atoms with van der Waals surface area (Å²) in [5, 5.41) is 0. The number of carbonyl (C=O) groups is 1. The highest BCUT2D eigenvalue weighted by molar-refractivity contribution is 5.83. The molecule has 0 spiro atoms. The van der Waals surface area contributed by atoms with Crippen LogP contribution in [0, 0.1) is 5.92 Å². The van der Waals surface area contributed by atoms with E-state index in [0.29, 0.717) is 25.0 Å². The SMILES string of the molecule is COC1CCCN(CC(=O)C2CCOC2)C1. The molecule has 0 N–H and O–H groups in total. The van der Waals surface area contributed by atoms with Gasteiger partial charge in [0.25, 0.3) is 0 Å². The number of likely N-dealkylation sites (tertiary alicyclic amines) is 1. The highest BCUT2D eigenvalue weighted by atomic mass is 16.5. The maximum atomic E-state index is 11.9. The highest BCUT2D eigenvalue weighted by Crippen LogP contribution is 2.16. The lowest BCUT2D eigenvalue weighted by Crippen LogP contribution is -2.43. The average molecular weight is 227 g/mol. The van der Waals surface area contributed by atoms with E-state index in [1.54, 1.807) is 7.11 Å². The first-order valence-electron chi connectivity index (χ1n) is 6.15. The zero-order chi connectivity index (χ0) is 11.4. The molecule has 2 atom stereocenters. The molecule has 0 aliphatic carbocycles. The van der Waals surface area contributed by atoms with Gasteiger partial charge < -0.3 is 9.47 Å². The third-order valence-corrected chi connectivity index (χ3v) is 3.56. The second-order valence-corrected chi connectivity index (χ2v) is 4.76. The summed E-state index contributed by atoms with van der Waals surface area (Å²) >= 11 is 0. The summed E-state index contributed by atoms with van der Waals surface area (Å²) in [5.74, 6) is 0.483. The van der Waals surface area contributed by atoms with Gasteiger partial charge in [-0.05, 0) is 25.8 Å². The van der Waals surface area contributed by atoms with Crippen molar-refractivity contribution in [1.29, 1.82) is 0 Å². The molecule has 4 nitrogen and oxygen atoms in total. The van der Waals surface area contributed by atoms with Gasteiger partial charge in [0.05, 0.1) is 19.3 Å². The van der Waals surface area contributed by atoms with E-state index in [1.165, 1.54) is 0 Å². The lowest BCUT2D eigenvalue weighted by atomic mass is 10.0. The summed E-state index contributed by atoms with van der Waals surface area (Å²) in [4.78, 5) is 14.2. The second kappa shape index (κ2) is 5.75. The van der Waals surface area contributed by atoms with Gasteiger partial charge in [0.1, 0.15) is 0 Å². The van der Waals surface area contributed by atoms with E-state index >= 15 is 0 Å². The molecule has 0 saturated carbocycles. The van der Waals surface area contributed by atoms with Crippen LogP contribution in [-0.2, 0) is 14.3 Å². The maximum Gasteiger partial charge on any atom is 0.152 e. The Balaban J connectivity index is 1.77. The zero-order valence-electron chi connectivity index (χ0n) is 9.98. The number of hydrogen-bond donors (Lipinski definition) is 0. The van der Waals surface area contributed by atoms with Gasteiger partial charge in [-0.25, -0.2) is 0 Å². The lowest BCUT2D eigenvalue weighted by Gasteiger charge is -2.31. The van der Waals surface area contributed by atoms with Crippen molar-refractivity contribution < 1.29 is 14.3 Å². The minimum Gasteiger partial charge on any atom is -0.381 e. The molecule has 2 aliphatic heterocycles. The van der Waals surface area contributed by atoms with Crippen molar-refractivity contribution >= 4 is 5.78 Å². The van der Waals surface area contributed by atoms with Crippen LogP contribution in [0.4, 0.5) is 0 Å². The maximum absolute atomic E-state index is 11.9. The summed E-state index contributed by atoms with van der Waals surface area (Å²) in [6.07, 6.45) is 3.46. The Hall–Kier alpha value is -0.450. The van der Waals surface area contributed by atoms with Crippen molar-refractivity contribution in [3.05, 3.63) is 0 Å². The Morgan fingerprint density at radius 3 is 3.06 bits per heavy atom. The Bertz CT molecular complexity index is 238. The summed E-state index contributed by atoms with van der Waals surface area (Å²) in [6, 6.07) is 0. The van der Waals surface area contributed by atoms with Crippen LogP contribution >= 0.6 is 0 Å². The third kappa shape index (κ3) is 3.03. The fourth-order valence-electron chi connectivity index (χ4n) is 2.49. The molecule has 0 radical (unpaired) electrons. The molecule has 2 fully saturated rings. The van der Waals surface area contributed by atoms with Crippen LogP contribution in [0.25, 0.3) is 0 Å². The molecule has 2 saturated heterocycles. The first kappa shape index (κ1) is 12.0. The topological polar surface area (TPSA) is 38.8 Å². The van der Waals surface area contributed by atoms with Gasteiger partial charge in [-0.3, -0.25) is 9.69 Å². The van der Waals surface area contributed by atoms with Crippen LogP contribution in [0.3, 0.4) is 0 Å². The molecule has 0 amide bonds. The van der Waals surface area contributed by atoms with E-state index in [2.05, 4.69) is 4.90 Å². The number of piperidine rings is 1. The van der Waals surface area contributed by atoms with Crippen molar-refractivity contribution in [2.24, 2.45) is 5.92 Å². The molecule has 0 aromatic rings. The number of nitrogens with zero attached hydrogens (tertiary/aromatic N) is 1. The van der Waals surface area contributed by atoms with E-state index in [-0.39, 0.29) is 5.92 Å². The van der Waals surface area contributed by atoms with Crippen LogP contribution in [-0.4, -0.2) is 56.7 Å². The average Bonchev–Trinajstić information content (AvgIpc) is 2.83. The summed E-state index contributed by atoms with van der Waals surface area (Å²) in [7, 11) is 1.75. The van der Waals surface area contributed by atoms with Gasteiger partial charge in [0.2, 0.25) is 0 Å². The van der Waals surface area contributed by atoms with E-state index in [0.717, 1.165) is 39.0 Å². The van der Waals surface area contributed by atoms with E-state index < -0.39 is 0 Å². The summed E-state index contributed by atoms with van der Waals surface area (Å²) in [6.45, 7) is 3.88. The Morgan fingerprint density at radius 1 is 1.50 bits per heavy atom. The molecule has 4 heteroatoms. The van der Waals surface area contributed by atoms with Gasteiger partial charge in [-0.2, -0.15) is 0 Å². The van der Waals surface area contributed by atoms with E-state index in [4.69, 9.17) is 9.47 Å². The minimum absolute atomic E-state index is 0.142. The van der Waals surface area contributed by atoms with Crippen molar-refractivity contribution in [2.45, 2.75) is 25.4 Å². The monoisotopic (exact) mass is 227 g/mol. The van der Waals surface area contributed by atoms with Crippen LogP contribution < -0.4 is 0 Å². The third-order valence-electron chi connectivity index (χ3n) is 3.56. The number of ketones is 1. The largest absolute Gasteiger partial charge is 0.381 e. The molecular weight excluding hydrogens is 206 g/mol. The van der Waals surface area contributed by atoms with Gasteiger partial charge >= 0.3 is 0 Å². The number of methoxy groups -OCH3 is 1. The number of ether oxygens (including phenoxy) is 2. The normalized spacial score (nSPS) is 31.8. The van der Waals surface area contributed by atoms with Crippen molar-refractivity contribution in [3.63, 3.8) is 0 Å². The van der Waals surface area contributed by atoms with Crippen LogP contribution in [0.15, 0.2) is 0 Å². The molecule has 92 valence electrons. The Morgan fingerprint density at radius 2 is 2.38 bits per heavy atom. The first-order chi connectivity index (χ1) is 7.79. The van der Waals surface area contributed by atoms with Gasteiger partial charge in [0, 0.05) is 26.2 Å². The fourth-order valence-corrected chi connectivity index (χ4v) is 2.49. The zero-order valence-corrected chi connectivity index (χ0v) is 9.98. The minimum atomic E-state index is 0.142. The van der Waals surface area contributed by atoms with Crippen molar-refractivity contribution in [3.8, 4) is 0 Å². The smallest absolute Gasteiger partial charge is 0.152 e. The number of hydrogen-bond acceptors (Lipinski definition) is 4. The van der Waals surface area contributed by atoms with Gasteiger partial charge in [-0.1, -0.05) is 0 Å². The molecule has 16 heavy (non-hydrogen) atoms. The number of Topliss-reactive ketones (excluding diaryl/α,β-unsaturated/α-hetero) is 1. The number of carbonyl (C=O) groups excluding carboxylic acids is 1. The predicted molar refractivity (Wildman–Crippen MR) is 60.4 cm³/mol. The standard InChI is InChI=1S/C12H21NO3/c1-15-11-3-2-5-13(7-11)8-12(14)10-4-6-16-9-10/h10-11H,2-9H2,1H3. The summed E-state index contributed by atoms with van der Waals surface area (Å²) < 4.78 is 10.6. The fraction of sp³-hybridized carbons (Fsp3) is 0.917. The molecule has 2 unspecified atom stereocenters. The molecule has 2 rings (SSSR count). The lowest BCUT2D eigenvalue weighted by molar-refractivity contribution is -0.124. The van der Waals surface area contributed by atoms with Gasteiger partial charge in [-0.15, -0.1) is 0 Å². The van der Waals surface area contributed by atoms with E-state index in [1.807, 2.05) is 0 Å². The Labute approximate surface area is 96.9 Å². The van der Waals surface area contributed by atoms with E-state index in [9.17, 15) is 4.79 Å². The van der Waals surface area contributed by atoms with Crippen molar-refractivity contribution in [1.82, 2.24) is 4.90 Å². The molecule has 2 aliphatic rings. The quantitative estimate of drug-likeness (QED) is 0.709. The molecular formula is C12H21NO3. The predicted octanol–water partition coefficient (Wildman–Crippen LogP) is 0.703. The van der Waals surface area contributed by atoms with Crippen LogP contribution in [0.5, 0.6) is 0 Å².